The van der Waals surface area contributed by atoms with Crippen LogP contribution >= 0.6 is 0 Å². The van der Waals surface area contributed by atoms with E-state index in [-0.39, 0.29) is 5.56 Å². The molecule has 0 bridgehead atoms. The molecule has 0 aromatic heterocycles. The van der Waals surface area contributed by atoms with Gasteiger partial charge >= 0.3 is 6.18 Å². The van der Waals surface area contributed by atoms with Gasteiger partial charge in [0.2, 0.25) is 0 Å². The normalized spacial score (nSPS) is 15.5. The quantitative estimate of drug-likeness (QED) is 0.388. The van der Waals surface area contributed by atoms with Crippen molar-refractivity contribution >= 4 is 27.9 Å². The third-order valence-corrected chi connectivity index (χ3v) is 4.51. The van der Waals surface area contributed by atoms with Gasteiger partial charge in [-0.15, -0.1) is 0 Å². The highest BCUT2D eigenvalue weighted by Crippen LogP contribution is 2.44. The summed E-state index contributed by atoms with van der Waals surface area (Å²) < 4.78 is 42.1. The van der Waals surface area contributed by atoms with Crippen LogP contribution in [0.15, 0.2) is 42.0 Å². The molecule has 1 atom stereocenters. The number of anilines is 1. The first-order valence-corrected chi connectivity index (χ1v) is 8.83. The molecule has 1 fully saturated rings. The molecule has 152 valence electrons. The molecule has 9 heteroatoms. The monoisotopic (exact) mass is 405 g/mol. The Morgan fingerprint density at radius 3 is 2.52 bits per heavy atom. The highest BCUT2D eigenvalue weighted by Gasteiger charge is 2.42. The van der Waals surface area contributed by atoms with Crippen LogP contribution in [0.4, 0.5) is 18.9 Å². The lowest BCUT2D eigenvalue weighted by Crippen LogP contribution is -2.35. The number of nitriles is 1. The zero-order chi connectivity index (χ0) is 21.2. The van der Waals surface area contributed by atoms with Crippen LogP contribution in [0.5, 0.6) is 0 Å². The van der Waals surface area contributed by atoms with Gasteiger partial charge < -0.3 is 20.4 Å². The fourth-order valence-corrected chi connectivity index (χ4v) is 3.08. The summed E-state index contributed by atoms with van der Waals surface area (Å²) in [4.78, 5) is 14.1. The van der Waals surface area contributed by atoms with Crippen molar-refractivity contribution in [1.82, 2.24) is 5.32 Å². The Balaban J connectivity index is 2.19. The van der Waals surface area contributed by atoms with Crippen molar-refractivity contribution in [3.05, 3.63) is 47.5 Å². The number of nitrogens with one attached hydrogen (secondary N) is 1. The summed E-state index contributed by atoms with van der Waals surface area (Å²) in [5, 5.41) is 30.9. The third kappa shape index (κ3) is 4.34. The fourth-order valence-electron chi connectivity index (χ4n) is 3.08. The smallest absolute Gasteiger partial charge is 0.394 e. The van der Waals surface area contributed by atoms with E-state index in [4.69, 9.17) is 5.11 Å². The highest BCUT2D eigenvalue weighted by atomic mass is 19.4. The first kappa shape index (κ1) is 20.6. The number of rotatable bonds is 6. The maximum Gasteiger partial charge on any atom is 0.418 e. The summed E-state index contributed by atoms with van der Waals surface area (Å²) in [7, 11) is 0. The van der Waals surface area contributed by atoms with Crippen molar-refractivity contribution < 1.29 is 28.2 Å². The molecule has 0 aliphatic carbocycles. The number of carbonyl (C=O) groups is 1. The Hall–Kier alpha value is -3.09. The summed E-state index contributed by atoms with van der Waals surface area (Å²) in [5.41, 5.74) is -2.35. The second-order valence-corrected chi connectivity index (χ2v) is 6.58. The second kappa shape index (κ2) is 8.11. The van der Waals surface area contributed by atoms with Gasteiger partial charge in [-0.1, -0.05) is 36.4 Å². The molecule has 0 spiro atoms. The van der Waals surface area contributed by atoms with Crippen LogP contribution in [0.2, 0.25) is 0 Å². The van der Waals surface area contributed by atoms with Gasteiger partial charge in [-0.3, -0.25) is 4.79 Å². The van der Waals surface area contributed by atoms with E-state index in [9.17, 15) is 28.3 Å². The lowest BCUT2D eigenvalue weighted by molar-refractivity contribution is -0.118. The van der Waals surface area contributed by atoms with Crippen molar-refractivity contribution in [2.75, 3.05) is 31.1 Å². The molecular formula is C20H18F3N3O3. The topological polar surface area (TPSA) is 96.4 Å². The second-order valence-electron chi connectivity index (χ2n) is 6.58. The Morgan fingerprint density at radius 1 is 1.24 bits per heavy atom. The molecule has 1 unspecified atom stereocenters. The number of aliphatic hydroxyl groups is 2. The molecule has 29 heavy (non-hydrogen) atoms. The van der Waals surface area contributed by atoms with Gasteiger partial charge in [-0.2, -0.15) is 18.4 Å². The standard InChI is InChI=1S/C20H18F3N3O3/c21-20(22,23)17(16(9-24)19(29)25-10-13(28)11-27)15-6-5-12-3-1-2-4-14(12)18(15)26-7-8-26/h1-6,13,27-28H,7-8,10-11H2,(H,25,29)/b17-16-. The average Bonchev–Trinajstić information content (AvgIpc) is 3.53. The van der Waals surface area contributed by atoms with E-state index < -0.39 is 42.5 Å². The number of alkyl halides is 3. The maximum atomic E-state index is 14.0. The number of carbonyl (C=O) groups excluding carboxylic acids is 1. The van der Waals surface area contributed by atoms with Crippen LogP contribution in [0.1, 0.15) is 5.56 Å². The van der Waals surface area contributed by atoms with Crippen molar-refractivity contribution in [1.29, 1.82) is 5.26 Å². The van der Waals surface area contributed by atoms with E-state index in [0.717, 1.165) is 5.39 Å². The van der Waals surface area contributed by atoms with Crippen LogP contribution < -0.4 is 10.2 Å². The maximum absolute atomic E-state index is 14.0. The number of amides is 1. The van der Waals surface area contributed by atoms with E-state index in [1.54, 1.807) is 29.2 Å². The number of nitrogens with zero attached hydrogens (tertiary/aromatic N) is 2. The van der Waals surface area contributed by atoms with Gasteiger partial charge in [0.05, 0.1) is 24.0 Å². The molecule has 3 rings (SSSR count). The van der Waals surface area contributed by atoms with Crippen LogP contribution in [0.25, 0.3) is 16.3 Å². The van der Waals surface area contributed by atoms with Crippen molar-refractivity contribution in [2.45, 2.75) is 12.3 Å². The predicted octanol–water partition coefficient (Wildman–Crippen LogP) is 1.97. The lowest BCUT2D eigenvalue weighted by atomic mass is 9.94. The molecular weight excluding hydrogens is 387 g/mol. The molecule has 3 N–H and O–H groups in total. The third-order valence-electron chi connectivity index (χ3n) is 4.51. The number of hydrogen-bond acceptors (Lipinski definition) is 5. The van der Waals surface area contributed by atoms with Crippen LogP contribution in [0, 0.1) is 11.3 Å². The largest absolute Gasteiger partial charge is 0.418 e. The number of fused-ring (bicyclic) bond motifs is 1. The van der Waals surface area contributed by atoms with Crippen LogP contribution in [0.3, 0.4) is 0 Å². The Kier molecular flexibility index (Phi) is 5.77. The molecule has 1 amide bonds. The molecule has 0 radical (unpaired) electrons. The molecule has 2 aromatic rings. The van der Waals surface area contributed by atoms with E-state index in [2.05, 4.69) is 5.32 Å². The molecule has 1 aliphatic rings. The SMILES string of the molecule is N#C/C(C(=O)NCC(O)CO)=C(\c1ccc2ccccc2c1N1CC1)C(F)(F)F. The zero-order valence-electron chi connectivity index (χ0n) is 15.2. The minimum atomic E-state index is -4.97. The van der Waals surface area contributed by atoms with Crippen molar-refractivity contribution in [3.63, 3.8) is 0 Å². The molecule has 1 saturated heterocycles. The fraction of sp³-hybridized carbons (Fsp3) is 0.300. The number of aliphatic hydroxyl groups excluding tert-OH is 2. The number of allylic oxidation sites excluding steroid dienone is 1. The highest BCUT2D eigenvalue weighted by molar-refractivity contribution is 6.09. The molecule has 1 heterocycles. The average molecular weight is 405 g/mol. The minimum absolute atomic E-state index is 0.247. The number of hydrogen-bond donors (Lipinski definition) is 3. The minimum Gasteiger partial charge on any atom is -0.394 e. The van der Waals surface area contributed by atoms with Gasteiger partial charge in [0.25, 0.3) is 5.91 Å². The Labute approximate surface area is 164 Å². The Morgan fingerprint density at radius 2 is 1.93 bits per heavy atom. The molecule has 2 aromatic carbocycles. The summed E-state index contributed by atoms with van der Waals surface area (Å²) >= 11 is 0. The van der Waals surface area contributed by atoms with E-state index in [1.807, 2.05) is 0 Å². The van der Waals surface area contributed by atoms with E-state index >= 15 is 0 Å². The van der Waals surface area contributed by atoms with Gasteiger partial charge in [-0.05, 0) is 5.39 Å². The zero-order valence-corrected chi connectivity index (χ0v) is 15.2. The van der Waals surface area contributed by atoms with Gasteiger partial charge in [-0.25, -0.2) is 0 Å². The van der Waals surface area contributed by atoms with Crippen LogP contribution in [-0.2, 0) is 4.79 Å². The lowest BCUT2D eigenvalue weighted by Gasteiger charge is -2.20. The van der Waals surface area contributed by atoms with Gasteiger partial charge in [0.1, 0.15) is 11.6 Å². The predicted molar refractivity (Wildman–Crippen MR) is 101 cm³/mol. The molecule has 0 saturated carbocycles. The number of benzene rings is 2. The summed E-state index contributed by atoms with van der Waals surface area (Å²) in [6.07, 6.45) is -6.31. The van der Waals surface area contributed by atoms with E-state index in [0.29, 0.717) is 24.2 Å². The summed E-state index contributed by atoms with van der Waals surface area (Å²) in [6, 6.07) is 11.1. The summed E-state index contributed by atoms with van der Waals surface area (Å²) in [6.45, 7) is -0.0179. The van der Waals surface area contributed by atoms with Gasteiger partial charge in [0, 0.05) is 30.6 Å². The number of halogens is 3. The van der Waals surface area contributed by atoms with Crippen molar-refractivity contribution in [2.24, 2.45) is 0 Å². The van der Waals surface area contributed by atoms with E-state index in [1.165, 1.54) is 18.2 Å². The first-order chi connectivity index (χ1) is 13.8. The molecule has 6 nitrogen and oxygen atoms in total. The van der Waals surface area contributed by atoms with Gasteiger partial charge in [0.15, 0.2) is 0 Å². The Bertz CT molecular complexity index is 1010. The summed E-state index contributed by atoms with van der Waals surface area (Å²) in [5.74, 6) is -1.27. The first-order valence-electron chi connectivity index (χ1n) is 8.83. The molecule has 1 aliphatic heterocycles. The van der Waals surface area contributed by atoms with Crippen LogP contribution in [-0.4, -0.2) is 54.6 Å². The van der Waals surface area contributed by atoms with Crippen molar-refractivity contribution in [3.8, 4) is 6.07 Å².